The van der Waals surface area contributed by atoms with Gasteiger partial charge in [0.15, 0.2) is 0 Å². The Morgan fingerprint density at radius 3 is 2.33 bits per heavy atom. The van der Waals surface area contributed by atoms with E-state index in [1.807, 2.05) is 32.9 Å². The molecule has 1 heterocycles. The summed E-state index contributed by atoms with van der Waals surface area (Å²) in [5.41, 5.74) is 2.72. The van der Waals surface area contributed by atoms with Gasteiger partial charge in [0.25, 0.3) is 5.88 Å². The number of hydrogen-bond donors (Lipinski definition) is 1. The molecule has 0 unspecified atom stereocenters. The number of ether oxygens (including phenoxy) is 1. The molecule has 0 saturated carbocycles. The number of H-pyrrole nitrogens is 1. The van der Waals surface area contributed by atoms with E-state index in [-0.39, 0.29) is 16.5 Å². The maximum Gasteiger partial charge on any atom is 0.285 e. The minimum Gasteiger partial charge on any atom is -0.434 e. The quantitative estimate of drug-likeness (QED) is 0.907. The van der Waals surface area contributed by atoms with Crippen LogP contribution in [0.15, 0.2) is 23.0 Å². The summed E-state index contributed by atoms with van der Waals surface area (Å²) in [5.74, 6) is 0.648. The molecule has 0 radical (unpaired) electrons. The zero-order chi connectivity index (χ0) is 13.3. The van der Waals surface area contributed by atoms with Gasteiger partial charge in [-0.3, -0.25) is 9.89 Å². The van der Waals surface area contributed by atoms with Crippen molar-refractivity contribution in [1.82, 2.24) is 10.2 Å². The van der Waals surface area contributed by atoms with Crippen LogP contribution in [-0.2, 0) is 0 Å². The molecule has 0 aliphatic heterocycles. The van der Waals surface area contributed by atoms with Crippen molar-refractivity contribution in [2.45, 2.75) is 20.8 Å². The first-order valence-electron chi connectivity index (χ1n) is 5.48. The van der Waals surface area contributed by atoms with Gasteiger partial charge in [-0.2, -0.15) is 0 Å². The zero-order valence-corrected chi connectivity index (χ0v) is 11.1. The van der Waals surface area contributed by atoms with E-state index < -0.39 is 0 Å². The molecule has 18 heavy (non-hydrogen) atoms. The van der Waals surface area contributed by atoms with Gasteiger partial charge < -0.3 is 4.74 Å². The molecular weight excluding hydrogens is 252 g/mol. The van der Waals surface area contributed by atoms with Crippen LogP contribution in [0.4, 0.5) is 0 Å². The average Bonchev–Trinajstić information content (AvgIpc) is 2.25. The highest BCUT2D eigenvalue weighted by Crippen LogP contribution is 2.27. The number of aromatic amines is 1. The van der Waals surface area contributed by atoms with Crippen molar-refractivity contribution in [2.24, 2.45) is 0 Å². The highest BCUT2D eigenvalue weighted by molar-refractivity contribution is 6.29. The first-order valence-corrected chi connectivity index (χ1v) is 5.86. The second kappa shape index (κ2) is 4.82. The summed E-state index contributed by atoms with van der Waals surface area (Å²) in [5, 5.41) is 6.47. The Bertz CT molecular complexity index is 627. The second-order valence-corrected chi connectivity index (χ2v) is 4.62. The van der Waals surface area contributed by atoms with Gasteiger partial charge in [0, 0.05) is 6.07 Å². The van der Waals surface area contributed by atoms with Crippen LogP contribution in [0.5, 0.6) is 11.6 Å². The minimum absolute atomic E-state index is 0.00514. The molecule has 0 aliphatic carbocycles. The molecule has 1 aromatic heterocycles. The molecule has 2 aromatic rings. The molecule has 1 N–H and O–H groups in total. The van der Waals surface area contributed by atoms with Crippen molar-refractivity contribution in [3.8, 4) is 11.6 Å². The fourth-order valence-electron chi connectivity index (χ4n) is 1.87. The van der Waals surface area contributed by atoms with Crippen LogP contribution in [0.25, 0.3) is 0 Å². The number of aryl methyl sites for hydroxylation is 3. The Labute approximate surface area is 110 Å². The normalized spacial score (nSPS) is 10.4. The van der Waals surface area contributed by atoms with Crippen molar-refractivity contribution in [2.75, 3.05) is 0 Å². The van der Waals surface area contributed by atoms with Crippen molar-refractivity contribution in [1.29, 1.82) is 0 Å². The second-order valence-electron chi connectivity index (χ2n) is 4.22. The Morgan fingerprint density at radius 2 is 1.78 bits per heavy atom. The number of nitrogens with zero attached hydrogens (tertiary/aromatic N) is 1. The van der Waals surface area contributed by atoms with Crippen LogP contribution in [-0.4, -0.2) is 10.2 Å². The highest BCUT2D eigenvalue weighted by atomic mass is 35.5. The standard InChI is InChI=1S/C13H13ClN2O2/c1-7-4-8(2)12(9(3)5-7)18-13-10(17)6-11(14)15-16-13/h4-6H,1-3H3,(H,15,17). The molecule has 0 spiro atoms. The monoisotopic (exact) mass is 264 g/mol. The lowest BCUT2D eigenvalue weighted by Crippen LogP contribution is -2.08. The van der Waals surface area contributed by atoms with Crippen LogP contribution >= 0.6 is 11.6 Å². The van der Waals surface area contributed by atoms with Crippen LogP contribution in [0, 0.1) is 20.8 Å². The predicted octanol–water partition coefficient (Wildman–Crippen LogP) is 3.14. The number of nitrogens with one attached hydrogen (secondary N) is 1. The van der Waals surface area contributed by atoms with Crippen molar-refractivity contribution in [3.05, 3.63) is 50.3 Å². The Kier molecular flexibility index (Phi) is 3.39. The van der Waals surface area contributed by atoms with Gasteiger partial charge in [0.1, 0.15) is 10.9 Å². The number of rotatable bonds is 2. The van der Waals surface area contributed by atoms with Crippen LogP contribution in [0.2, 0.25) is 5.15 Å². The van der Waals surface area contributed by atoms with Crippen LogP contribution < -0.4 is 10.2 Å². The minimum atomic E-state index is -0.349. The van der Waals surface area contributed by atoms with Gasteiger partial charge in [-0.25, -0.2) is 0 Å². The fraction of sp³-hybridized carbons (Fsp3) is 0.231. The van der Waals surface area contributed by atoms with Crippen LogP contribution in [0.3, 0.4) is 0 Å². The molecule has 5 heteroatoms. The average molecular weight is 265 g/mol. The first kappa shape index (κ1) is 12.6. The van der Waals surface area contributed by atoms with Gasteiger partial charge in [-0.1, -0.05) is 29.3 Å². The van der Waals surface area contributed by atoms with Gasteiger partial charge >= 0.3 is 0 Å². The summed E-state index contributed by atoms with van der Waals surface area (Å²) in [6.45, 7) is 5.87. The lowest BCUT2D eigenvalue weighted by Gasteiger charge is -2.11. The summed E-state index contributed by atoms with van der Waals surface area (Å²) in [6, 6.07) is 5.22. The van der Waals surface area contributed by atoms with Crippen LogP contribution in [0.1, 0.15) is 16.7 Å². The van der Waals surface area contributed by atoms with Gasteiger partial charge in [0.2, 0.25) is 5.43 Å². The zero-order valence-electron chi connectivity index (χ0n) is 10.4. The van der Waals surface area contributed by atoms with Gasteiger partial charge in [0.05, 0.1) is 0 Å². The Hall–Kier alpha value is -1.81. The number of halogens is 1. The molecule has 0 atom stereocenters. The van der Waals surface area contributed by atoms with E-state index in [0.29, 0.717) is 5.75 Å². The smallest absolute Gasteiger partial charge is 0.285 e. The van der Waals surface area contributed by atoms with E-state index in [1.165, 1.54) is 6.07 Å². The Balaban J connectivity index is 2.43. The summed E-state index contributed by atoms with van der Waals surface area (Å²) in [6.07, 6.45) is 0. The highest BCUT2D eigenvalue weighted by Gasteiger charge is 2.10. The molecule has 1 aromatic carbocycles. The lowest BCUT2D eigenvalue weighted by atomic mass is 10.1. The van der Waals surface area contributed by atoms with Gasteiger partial charge in [-0.05, 0) is 31.9 Å². The lowest BCUT2D eigenvalue weighted by molar-refractivity contribution is 0.443. The third-order valence-electron chi connectivity index (χ3n) is 2.54. The van der Waals surface area contributed by atoms with Crippen molar-refractivity contribution >= 4 is 11.6 Å². The van der Waals surface area contributed by atoms with E-state index in [1.54, 1.807) is 0 Å². The van der Waals surface area contributed by atoms with E-state index in [0.717, 1.165) is 16.7 Å². The molecule has 94 valence electrons. The van der Waals surface area contributed by atoms with E-state index in [9.17, 15) is 4.79 Å². The summed E-state index contributed by atoms with van der Waals surface area (Å²) < 4.78 is 5.57. The van der Waals surface area contributed by atoms with Crippen molar-refractivity contribution < 1.29 is 4.74 Å². The first-order chi connectivity index (χ1) is 8.47. The molecular formula is C13H13ClN2O2. The third-order valence-corrected chi connectivity index (χ3v) is 2.73. The number of hydrogen-bond acceptors (Lipinski definition) is 3. The van der Waals surface area contributed by atoms with Gasteiger partial charge in [-0.15, -0.1) is 5.10 Å². The molecule has 0 saturated heterocycles. The van der Waals surface area contributed by atoms with E-state index in [2.05, 4.69) is 10.2 Å². The maximum atomic E-state index is 11.6. The van der Waals surface area contributed by atoms with E-state index in [4.69, 9.17) is 16.3 Å². The predicted molar refractivity (Wildman–Crippen MR) is 70.6 cm³/mol. The third kappa shape index (κ3) is 2.54. The van der Waals surface area contributed by atoms with E-state index >= 15 is 0 Å². The topological polar surface area (TPSA) is 55.0 Å². The molecule has 4 nitrogen and oxygen atoms in total. The fourth-order valence-corrected chi connectivity index (χ4v) is 2.01. The largest absolute Gasteiger partial charge is 0.434 e. The summed E-state index contributed by atoms with van der Waals surface area (Å²) >= 11 is 5.63. The number of aromatic nitrogens is 2. The van der Waals surface area contributed by atoms with Crippen molar-refractivity contribution in [3.63, 3.8) is 0 Å². The SMILES string of the molecule is Cc1cc(C)c(Oc2n[nH]c(Cl)cc2=O)c(C)c1. The molecule has 0 aliphatic rings. The maximum absolute atomic E-state index is 11.6. The summed E-state index contributed by atoms with van der Waals surface area (Å²) in [7, 11) is 0. The summed E-state index contributed by atoms with van der Waals surface area (Å²) in [4.78, 5) is 11.6. The molecule has 2 rings (SSSR count). The molecule has 0 amide bonds. The molecule has 0 fully saturated rings. The number of benzene rings is 1. The Morgan fingerprint density at radius 1 is 1.17 bits per heavy atom. The molecule has 0 bridgehead atoms.